The minimum Gasteiger partial charge on any atom is -0.492 e. The van der Waals surface area contributed by atoms with Crippen molar-refractivity contribution in [1.29, 1.82) is 0 Å². The van der Waals surface area contributed by atoms with Crippen LogP contribution in [0.25, 0.3) is 0 Å². The lowest BCUT2D eigenvalue weighted by Gasteiger charge is -2.10. The topological polar surface area (TPSA) is 76.0 Å². The number of nitrogens with zero attached hydrogens (tertiary/aromatic N) is 1. The summed E-state index contributed by atoms with van der Waals surface area (Å²) >= 11 is 0. The van der Waals surface area contributed by atoms with Gasteiger partial charge in [0, 0.05) is 36.6 Å². The molecule has 5 heteroatoms. The Kier molecular flexibility index (Phi) is 4.06. The summed E-state index contributed by atoms with van der Waals surface area (Å²) in [6, 6.07) is 5.72. The molecule has 5 nitrogen and oxygen atoms in total. The van der Waals surface area contributed by atoms with Crippen LogP contribution in [0, 0.1) is 0 Å². The fraction of sp³-hybridized carbons (Fsp3) is 0.308. The first-order valence-corrected chi connectivity index (χ1v) is 6.03. The van der Waals surface area contributed by atoms with Crippen molar-refractivity contribution in [3.05, 3.63) is 36.4 Å². The van der Waals surface area contributed by atoms with Crippen molar-refractivity contribution in [3.8, 4) is 5.75 Å². The number of aromatic nitrogens is 2. The highest BCUT2D eigenvalue weighted by Crippen LogP contribution is 2.25. The molecular formula is C13H18N4O. The maximum Gasteiger partial charge on any atom is 0.144 e. The van der Waals surface area contributed by atoms with Crippen molar-refractivity contribution in [2.75, 3.05) is 24.2 Å². The summed E-state index contributed by atoms with van der Waals surface area (Å²) in [6.45, 7) is 3.39. The Morgan fingerprint density at radius 2 is 2.33 bits per heavy atom. The van der Waals surface area contributed by atoms with Crippen LogP contribution >= 0.6 is 0 Å². The second-order valence-electron chi connectivity index (χ2n) is 3.94. The fourth-order valence-electron chi connectivity index (χ4n) is 1.69. The summed E-state index contributed by atoms with van der Waals surface area (Å²) in [7, 11) is 0. The molecule has 4 N–H and O–H groups in total. The summed E-state index contributed by atoms with van der Waals surface area (Å²) < 4.78 is 5.45. The molecule has 0 aliphatic carbocycles. The zero-order chi connectivity index (χ0) is 12.8. The van der Waals surface area contributed by atoms with E-state index in [1.807, 2.05) is 31.3 Å². The fourth-order valence-corrected chi connectivity index (χ4v) is 1.69. The van der Waals surface area contributed by atoms with Crippen LogP contribution in [0.4, 0.5) is 11.4 Å². The van der Waals surface area contributed by atoms with E-state index in [0.29, 0.717) is 12.3 Å². The number of benzene rings is 1. The Labute approximate surface area is 106 Å². The number of aromatic amines is 1. The highest BCUT2D eigenvalue weighted by molar-refractivity contribution is 5.61. The van der Waals surface area contributed by atoms with Crippen LogP contribution in [-0.2, 0) is 6.42 Å². The lowest BCUT2D eigenvalue weighted by Crippen LogP contribution is -2.06. The van der Waals surface area contributed by atoms with Crippen molar-refractivity contribution in [1.82, 2.24) is 9.97 Å². The average Bonchev–Trinajstić information content (AvgIpc) is 2.87. The quantitative estimate of drug-likeness (QED) is 0.682. The van der Waals surface area contributed by atoms with Crippen LogP contribution < -0.4 is 15.8 Å². The van der Waals surface area contributed by atoms with Gasteiger partial charge in [0.2, 0.25) is 0 Å². The van der Waals surface area contributed by atoms with Gasteiger partial charge >= 0.3 is 0 Å². The van der Waals surface area contributed by atoms with Crippen LogP contribution in [0.3, 0.4) is 0 Å². The van der Waals surface area contributed by atoms with E-state index in [1.165, 1.54) is 0 Å². The van der Waals surface area contributed by atoms with Gasteiger partial charge in [-0.2, -0.15) is 0 Å². The Morgan fingerprint density at radius 3 is 3.06 bits per heavy atom. The number of hydrogen-bond donors (Lipinski definition) is 3. The number of rotatable bonds is 6. The van der Waals surface area contributed by atoms with E-state index in [0.717, 1.165) is 30.1 Å². The van der Waals surface area contributed by atoms with E-state index in [2.05, 4.69) is 15.3 Å². The number of anilines is 2. The molecule has 1 aromatic carbocycles. The van der Waals surface area contributed by atoms with E-state index < -0.39 is 0 Å². The Balaban J connectivity index is 1.90. The molecule has 0 aliphatic heterocycles. The molecule has 0 spiro atoms. The molecule has 0 aliphatic rings. The minimum atomic E-state index is 0.613. The third-order valence-corrected chi connectivity index (χ3v) is 2.59. The highest BCUT2D eigenvalue weighted by atomic mass is 16.5. The van der Waals surface area contributed by atoms with Crippen LogP contribution in [0.1, 0.15) is 12.6 Å². The number of H-pyrrole nitrogens is 1. The molecule has 0 radical (unpaired) electrons. The van der Waals surface area contributed by atoms with Crippen LogP contribution in [0.5, 0.6) is 5.75 Å². The van der Waals surface area contributed by atoms with Gasteiger partial charge < -0.3 is 20.8 Å². The molecule has 1 aromatic heterocycles. The summed E-state index contributed by atoms with van der Waals surface area (Å²) in [5.74, 6) is 0.726. The summed E-state index contributed by atoms with van der Waals surface area (Å²) in [5.41, 5.74) is 8.60. The lowest BCUT2D eigenvalue weighted by molar-refractivity contribution is 0.342. The molecule has 0 saturated heterocycles. The predicted molar refractivity (Wildman–Crippen MR) is 72.8 cm³/mol. The number of nitrogen functional groups attached to an aromatic ring is 1. The van der Waals surface area contributed by atoms with Gasteiger partial charge in [-0.05, 0) is 19.1 Å². The second kappa shape index (κ2) is 5.95. The van der Waals surface area contributed by atoms with Crippen molar-refractivity contribution in [2.45, 2.75) is 13.3 Å². The normalized spacial score (nSPS) is 10.3. The van der Waals surface area contributed by atoms with Gasteiger partial charge in [0.15, 0.2) is 0 Å². The smallest absolute Gasteiger partial charge is 0.144 e. The van der Waals surface area contributed by atoms with Gasteiger partial charge in [-0.3, -0.25) is 0 Å². The maximum absolute atomic E-state index is 5.82. The first-order valence-electron chi connectivity index (χ1n) is 6.03. The van der Waals surface area contributed by atoms with E-state index in [-0.39, 0.29) is 0 Å². The van der Waals surface area contributed by atoms with Gasteiger partial charge in [-0.15, -0.1) is 0 Å². The van der Waals surface area contributed by atoms with E-state index in [4.69, 9.17) is 10.5 Å². The molecule has 0 bridgehead atoms. The Hall–Kier alpha value is -2.17. The highest BCUT2D eigenvalue weighted by Gasteiger charge is 2.01. The maximum atomic E-state index is 5.82. The first-order chi connectivity index (χ1) is 8.79. The van der Waals surface area contributed by atoms with E-state index in [9.17, 15) is 0 Å². The molecule has 96 valence electrons. The molecular weight excluding hydrogens is 228 g/mol. The van der Waals surface area contributed by atoms with Gasteiger partial charge in [0.25, 0.3) is 0 Å². The predicted octanol–water partition coefficient (Wildman–Crippen LogP) is 2.05. The average molecular weight is 246 g/mol. The zero-order valence-corrected chi connectivity index (χ0v) is 10.4. The Morgan fingerprint density at radius 1 is 1.44 bits per heavy atom. The van der Waals surface area contributed by atoms with Crippen molar-refractivity contribution >= 4 is 11.4 Å². The molecule has 0 saturated carbocycles. The van der Waals surface area contributed by atoms with Crippen LogP contribution in [0.2, 0.25) is 0 Å². The molecule has 1 heterocycles. The number of hydrogen-bond acceptors (Lipinski definition) is 4. The van der Waals surface area contributed by atoms with Crippen LogP contribution in [0.15, 0.2) is 30.7 Å². The first kappa shape index (κ1) is 12.3. The van der Waals surface area contributed by atoms with Gasteiger partial charge in [-0.1, -0.05) is 0 Å². The summed E-state index contributed by atoms with van der Waals surface area (Å²) in [6.07, 6.45) is 4.41. The van der Waals surface area contributed by atoms with Gasteiger partial charge in [0.1, 0.15) is 5.75 Å². The van der Waals surface area contributed by atoms with E-state index in [1.54, 1.807) is 6.33 Å². The molecule has 18 heavy (non-hydrogen) atoms. The zero-order valence-electron chi connectivity index (χ0n) is 10.4. The minimum absolute atomic E-state index is 0.613. The van der Waals surface area contributed by atoms with Crippen molar-refractivity contribution < 1.29 is 4.74 Å². The summed E-state index contributed by atoms with van der Waals surface area (Å²) in [5, 5.41) is 3.33. The number of nitrogens with one attached hydrogen (secondary N) is 2. The second-order valence-corrected chi connectivity index (χ2v) is 3.94. The summed E-state index contributed by atoms with van der Waals surface area (Å²) in [4.78, 5) is 7.05. The largest absolute Gasteiger partial charge is 0.492 e. The molecule has 0 fully saturated rings. The monoisotopic (exact) mass is 246 g/mol. The van der Waals surface area contributed by atoms with Crippen molar-refractivity contribution in [2.24, 2.45) is 0 Å². The molecule has 2 aromatic rings. The molecule has 0 amide bonds. The number of imidazole rings is 1. The SMILES string of the molecule is CCOc1cc(NCCc2cnc[nH]2)ccc1N. The number of nitrogens with two attached hydrogens (primary N) is 1. The van der Waals surface area contributed by atoms with Gasteiger partial charge in [-0.25, -0.2) is 4.98 Å². The van der Waals surface area contributed by atoms with E-state index >= 15 is 0 Å². The lowest BCUT2D eigenvalue weighted by atomic mass is 10.2. The Bertz CT molecular complexity index is 482. The molecule has 0 unspecified atom stereocenters. The third kappa shape index (κ3) is 3.16. The van der Waals surface area contributed by atoms with Gasteiger partial charge in [0.05, 0.1) is 18.6 Å². The molecule has 0 atom stereocenters. The third-order valence-electron chi connectivity index (χ3n) is 2.59. The standard InChI is InChI=1S/C13H18N4O/c1-2-18-13-7-10(3-4-12(13)14)16-6-5-11-8-15-9-17-11/h3-4,7-9,16H,2,5-6,14H2,1H3,(H,15,17). The van der Waals surface area contributed by atoms with Crippen LogP contribution in [-0.4, -0.2) is 23.1 Å². The number of ether oxygens (including phenoxy) is 1. The van der Waals surface area contributed by atoms with Crippen molar-refractivity contribution in [3.63, 3.8) is 0 Å². The molecule has 2 rings (SSSR count).